The van der Waals surface area contributed by atoms with Gasteiger partial charge < -0.3 is 30.4 Å². The highest BCUT2D eigenvalue weighted by molar-refractivity contribution is 6.07. The van der Waals surface area contributed by atoms with Gasteiger partial charge in [-0.3, -0.25) is 14.5 Å². The average Bonchev–Trinajstić information content (AvgIpc) is 3.83. The van der Waals surface area contributed by atoms with Crippen molar-refractivity contribution in [3.8, 4) is 0 Å². The molecule has 6 aromatic rings. The number of aromatic amines is 2. The molecular weight excluding hydrogens is 697 g/mol. The Balaban J connectivity index is 1.04. The van der Waals surface area contributed by atoms with Gasteiger partial charge in [0.15, 0.2) is 5.96 Å². The fraction of sp³-hybridized carbons (Fsp3) is 0.326. The molecule has 1 aliphatic rings. The third-order valence-corrected chi connectivity index (χ3v) is 11.1. The fourth-order valence-electron chi connectivity index (χ4n) is 7.73. The van der Waals surface area contributed by atoms with Crippen molar-refractivity contribution in [2.24, 2.45) is 10.7 Å². The van der Waals surface area contributed by atoms with E-state index in [-0.39, 0.29) is 17.2 Å². The molecule has 0 unspecified atom stereocenters. The maximum atomic E-state index is 14.6. The van der Waals surface area contributed by atoms with Crippen LogP contribution in [-0.4, -0.2) is 107 Å². The lowest BCUT2D eigenvalue weighted by molar-refractivity contribution is 0.0708. The minimum Gasteiger partial charge on any atom is -0.369 e. The largest absolute Gasteiger partial charge is 0.369 e. The number of rotatable bonds is 12. The molecule has 0 radical (unpaired) electrons. The Kier molecular flexibility index (Phi) is 11.6. The van der Waals surface area contributed by atoms with E-state index in [1.165, 1.54) is 5.56 Å². The molecule has 0 saturated carbocycles. The number of carbonyl (C=O) groups excluding carboxylic acids is 2. The van der Waals surface area contributed by atoms with Gasteiger partial charge in [-0.2, -0.15) is 0 Å². The van der Waals surface area contributed by atoms with Crippen LogP contribution in [0, 0.1) is 0 Å². The van der Waals surface area contributed by atoms with E-state index in [4.69, 9.17) is 10.7 Å². The van der Waals surface area contributed by atoms with Gasteiger partial charge in [-0.15, -0.1) is 0 Å². The molecule has 10 nitrogen and oxygen atoms in total. The Morgan fingerprint density at radius 1 is 0.696 bits per heavy atom. The van der Waals surface area contributed by atoms with Crippen LogP contribution in [-0.2, 0) is 18.3 Å². The normalized spacial score (nSPS) is 14.1. The highest BCUT2D eigenvalue weighted by atomic mass is 16.2. The second kappa shape index (κ2) is 16.9. The first-order chi connectivity index (χ1) is 27.1. The van der Waals surface area contributed by atoms with Gasteiger partial charge in [-0.1, -0.05) is 87.5 Å². The minimum atomic E-state index is -0.161. The number of guanidine groups is 1. The van der Waals surface area contributed by atoms with Crippen LogP contribution in [0.2, 0.25) is 0 Å². The van der Waals surface area contributed by atoms with Crippen molar-refractivity contribution in [3.05, 3.63) is 137 Å². The Morgan fingerprint density at radius 2 is 1.23 bits per heavy atom. The third-order valence-electron chi connectivity index (χ3n) is 11.1. The van der Waals surface area contributed by atoms with Gasteiger partial charge in [0.1, 0.15) is 0 Å². The molecule has 3 heterocycles. The number of nitrogens with two attached hydrogens (primary N) is 1. The Morgan fingerprint density at radius 3 is 1.86 bits per heavy atom. The molecular formula is C46H54N8O2. The summed E-state index contributed by atoms with van der Waals surface area (Å²) >= 11 is 0. The molecule has 56 heavy (non-hydrogen) atoms. The van der Waals surface area contributed by atoms with E-state index in [1.807, 2.05) is 78.9 Å². The van der Waals surface area contributed by atoms with E-state index in [0.29, 0.717) is 56.1 Å². The number of aromatic nitrogens is 2. The van der Waals surface area contributed by atoms with Crippen molar-refractivity contribution in [1.29, 1.82) is 0 Å². The summed E-state index contributed by atoms with van der Waals surface area (Å²) in [6.45, 7) is 12.0. The summed E-state index contributed by atoms with van der Waals surface area (Å²) in [4.78, 5) is 48.3. The number of nitrogens with one attached hydrogen (secondary N) is 2. The van der Waals surface area contributed by atoms with E-state index in [1.54, 1.807) is 17.0 Å². The van der Waals surface area contributed by atoms with E-state index in [9.17, 15) is 9.59 Å². The topological polar surface area (TPSA) is 117 Å². The number of likely N-dealkylation sites (N-methyl/N-ethyl adjacent to an activating group) is 1. The van der Waals surface area contributed by atoms with Crippen LogP contribution in [0.3, 0.4) is 0 Å². The number of hydrogen-bond donors (Lipinski definition) is 3. The molecule has 1 saturated heterocycles. The summed E-state index contributed by atoms with van der Waals surface area (Å²) in [5.74, 6) is 0.238. The first kappa shape index (κ1) is 38.4. The number of fused-ring (bicyclic) bond motifs is 2. The number of hydrogen-bond acceptors (Lipinski definition) is 4. The highest BCUT2D eigenvalue weighted by Crippen LogP contribution is 2.31. The SMILES string of the molecule is CN(CCc1c[nH]c2ccccc12)C(=O)c1ccccc1C(=O)N(CCc1c[nH]c2ccccc12)CCN1CCN(C(N)=Nc2ccccc2C(C)(C)C)CC1. The molecule has 10 heteroatoms. The van der Waals surface area contributed by atoms with E-state index in [0.717, 1.165) is 64.8 Å². The molecule has 7 rings (SSSR count). The maximum Gasteiger partial charge on any atom is 0.254 e. The molecule has 1 fully saturated rings. The quantitative estimate of drug-likeness (QED) is 0.0904. The van der Waals surface area contributed by atoms with Gasteiger partial charge >= 0.3 is 0 Å². The third kappa shape index (κ3) is 8.66. The number of amides is 2. The molecule has 2 amide bonds. The Labute approximate surface area is 330 Å². The van der Waals surface area contributed by atoms with E-state index < -0.39 is 0 Å². The molecule has 2 aromatic heterocycles. The van der Waals surface area contributed by atoms with E-state index >= 15 is 0 Å². The lowest BCUT2D eigenvalue weighted by atomic mass is 9.86. The van der Waals surface area contributed by atoms with Gasteiger partial charge in [-0.25, -0.2) is 4.99 Å². The number of H-pyrrole nitrogens is 2. The van der Waals surface area contributed by atoms with Gasteiger partial charge in [0, 0.05) is 93.6 Å². The first-order valence-electron chi connectivity index (χ1n) is 19.7. The Hall–Kier alpha value is -5.87. The number of carbonyl (C=O) groups is 2. The fourth-order valence-corrected chi connectivity index (χ4v) is 7.73. The number of aliphatic imine (C=N–C) groups is 1. The Bertz CT molecular complexity index is 2320. The number of piperazine rings is 1. The summed E-state index contributed by atoms with van der Waals surface area (Å²) in [5, 5.41) is 2.32. The van der Waals surface area contributed by atoms with Crippen molar-refractivity contribution in [1.82, 2.24) is 29.6 Å². The van der Waals surface area contributed by atoms with Crippen molar-refractivity contribution in [3.63, 3.8) is 0 Å². The first-order valence-corrected chi connectivity index (χ1v) is 19.7. The van der Waals surface area contributed by atoms with Gasteiger partial charge in [-0.05, 0) is 65.3 Å². The molecule has 290 valence electrons. The summed E-state index contributed by atoms with van der Waals surface area (Å²) in [7, 11) is 1.81. The minimum absolute atomic E-state index is 0.0429. The van der Waals surface area contributed by atoms with Crippen molar-refractivity contribution < 1.29 is 9.59 Å². The number of para-hydroxylation sites is 3. The van der Waals surface area contributed by atoms with Crippen LogP contribution in [0.25, 0.3) is 21.8 Å². The monoisotopic (exact) mass is 750 g/mol. The zero-order chi connectivity index (χ0) is 39.2. The van der Waals surface area contributed by atoms with Crippen LogP contribution < -0.4 is 5.73 Å². The van der Waals surface area contributed by atoms with Crippen molar-refractivity contribution in [2.45, 2.75) is 39.0 Å². The van der Waals surface area contributed by atoms with Gasteiger partial charge in [0.05, 0.1) is 16.8 Å². The summed E-state index contributed by atoms with van der Waals surface area (Å²) in [6, 6.07) is 31.9. The lowest BCUT2D eigenvalue weighted by Gasteiger charge is -2.36. The molecule has 4 aromatic carbocycles. The van der Waals surface area contributed by atoms with Crippen LogP contribution >= 0.6 is 0 Å². The zero-order valence-electron chi connectivity index (χ0n) is 33.1. The number of benzene rings is 4. The predicted octanol–water partition coefficient (Wildman–Crippen LogP) is 7.21. The van der Waals surface area contributed by atoms with Crippen molar-refractivity contribution >= 4 is 45.3 Å². The lowest BCUT2D eigenvalue weighted by Crippen LogP contribution is -2.52. The highest BCUT2D eigenvalue weighted by Gasteiger charge is 2.26. The zero-order valence-corrected chi connectivity index (χ0v) is 33.1. The summed E-state index contributed by atoms with van der Waals surface area (Å²) in [5.41, 5.74) is 14.0. The van der Waals surface area contributed by atoms with Crippen LogP contribution in [0.5, 0.6) is 0 Å². The second-order valence-electron chi connectivity index (χ2n) is 15.8. The number of nitrogens with zero attached hydrogens (tertiary/aromatic N) is 5. The predicted molar refractivity (Wildman–Crippen MR) is 228 cm³/mol. The molecule has 0 aliphatic carbocycles. The molecule has 4 N–H and O–H groups in total. The van der Waals surface area contributed by atoms with Crippen LogP contribution in [0.15, 0.2) is 114 Å². The standard InChI is InChI=1S/C46H54N8O2/c1-46(2,3)39-17-9-12-20-42(39)50-45(47)54-29-26-52(27-30-54)25-28-53(24-22-34-32-49-41-19-11-8-14-36(34)41)44(56)38-16-6-5-15-37(38)43(55)51(4)23-21-33-31-48-40-18-10-7-13-35(33)40/h5-20,31-32,48-49H,21-30H2,1-4H3,(H2,47,50). The maximum absolute atomic E-state index is 14.6. The van der Waals surface area contributed by atoms with Crippen LogP contribution in [0.4, 0.5) is 5.69 Å². The molecule has 0 spiro atoms. The van der Waals surface area contributed by atoms with Crippen molar-refractivity contribution in [2.75, 3.05) is 59.4 Å². The van der Waals surface area contributed by atoms with Crippen LogP contribution in [0.1, 0.15) is 58.2 Å². The smallest absolute Gasteiger partial charge is 0.254 e. The molecule has 0 atom stereocenters. The summed E-state index contributed by atoms with van der Waals surface area (Å²) in [6.07, 6.45) is 5.45. The van der Waals surface area contributed by atoms with E-state index in [2.05, 4.69) is 70.9 Å². The second-order valence-corrected chi connectivity index (χ2v) is 15.8. The average molecular weight is 751 g/mol. The summed E-state index contributed by atoms with van der Waals surface area (Å²) < 4.78 is 0. The molecule has 0 bridgehead atoms. The van der Waals surface area contributed by atoms with Gasteiger partial charge in [0.2, 0.25) is 0 Å². The molecule has 1 aliphatic heterocycles. The van der Waals surface area contributed by atoms with Gasteiger partial charge in [0.25, 0.3) is 11.8 Å².